The van der Waals surface area contributed by atoms with Gasteiger partial charge >= 0.3 is 0 Å². The molecule has 0 amide bonds. The lowest BCUT2D eigenvalue weighted by molar-refractivity contribution is 0.487. The van der Waals surface area contributed by atoms with E-state index in [0.717, 1.165) is 17.2 Å². The van der Waals surface area contributed by atoms with Crippen LogP contribution in [0.15, 0.2) is 152 Å². The molecule has 0 radical (unpaired) electrons. The summed E-state index contributed by atoms with van der Waals surface area (Å²) >= 11 is 0. The lowest BCUT2D eigenvalue weighted by Crippen LogP contribution is -2.75. The van der Waals surface area contributed by atoms with Crippen molar-refractivity contribution in [2.24, 2.45) is 0 Å². The van der Waals surface area contributed by atoms with Gasteiger partial charge in [0, 0.05) is 23.1 Å². The van der Waals surface area contributed by atoms with Crippen molar-refractivity contribution in [3.8, 4) is 22.6 Å². The quantitative estimate of drug-likeness (QED) is 0.165. The molecule has 10 rings (SSSR count). The van der Waals surface area contributed by atoms with Gasteiger partial charge < -0.3 is 9.64 Å². The first kappa shape index (κ1) is 34.0. The minimum Gasteiger partial charge on any atom is -0.458 e. The minimum absolute atomic E-state index is 0.0631. The molecule has 55 heavy (non-hydrogen) atoms. The molecule has 0 unspecified atom stereocenters. The molecule has 0 aliphatic carbocycles. The molecule has 0 fully saturated rings. The van der Waals surface area contributed by atoms with Crippen molar-refractivity contribution in [1.29, 1.82) is 0 Å². The third-order valence-corrected chi connectivity index (χ3v) is 17.5. The topological polar surface area (TPSA) is 12.5 Å². The lowest BCUT2D eigenvalue weighted by Gasteiger charge is -2.43. The largest absolute Gasteiger partial charge is 0.458 e. The van der Waals surface area contributed by atoms with Crippen molar-refractivity contribution in [2.45, 2.75) is 59.3 Å². The molecule has 0 bridgehead atoms. The van der Waals surface area contributed by atoms with Gasteiger partial charge in [-0.1, -0.05) is 168 Å². The molecule has 4 heteroatoms. The second-order valence-corrected chi connectivity index (χ2v) is 20.2. The Kier molecular flexibility index (Phi) is 7.87. The Hall–Kier alpha value is -5.58. The SMILES string of the molecule is CC(C)c1cc(C(C)C)c(B2c3ccccc3Oc3cc(N4c5ccccc5[Si]5(c6ccccc6-c6ccccc65)c5ccccc54)ccc32)c(C(C)C)c1. The van der Waals surface area contributed by atoms with Gasteiger partial charge in [-0.3, -0.25) is 0 Å². The third kappa shape index (κ3) is 4.87. The van der Waals surface area contributed by atoms with Crippen LogP contribution in [0.5, 0.6) is 11.5 Å². The molecule has 7 aromatic rings. The Morgan fingerprint density at radius 1 is 0.473 bits per heavy atom. The maximum Gasteiger partial charge on any atom is 0.251 e. The highest BCUT2D eigenvalue weighted by molar-refractivity contribution is 7.23. The van der Waals surface area contributed by atoms with Gasteiger partial charge in [0.1, 0.15) is 11.5 Å². The molecule has 3 aliphatic rings. The number of nitrogens with zero attached hydrogens (tertiary/aromatic N) is 1. The van der Waals surface area contributed by atoms with E-state index in [4.69, 9.17) is 4.74 Å². The summed E-state index contributed by atoms with van der Waals surface area (Å²) in [7, 11) is -2.63. The first-order valence-corrected chi connectivity index (χ1v) is 22.1. The van der Waals surface area contributed by atoms with Crippen LogP contribution in [0.1, 0.15) is 76.0 Å². The van der Waals surface area contributed by atoms with Gasteiger partial charge in [0.05, 0.1) is 0 Å². The fourth-order valence-electron chi connectivity index (χ4n) is 10.1. The molecule has 0 aromatic heterocycles. The molecular weight excluding hydrogens is 681 g/mol. The van der Waals surface area contributed by atoms with Crippen LogP contribution >= 0.6 is 0 Å². The van der Waals surface area contributed by atoms with Gasteiger partial charge in [-0.05, 0) is 102 Å². The number of rotatable bonds is 5. The summed E-state index contributed by atoms with van der Waals surface area (Å²) in [6, 6.07) is 57.4. The molecule has 268 valence electrons. The Labute approximate surface area is 327 Å². The van der Waals surface area contributed by atoms with Gasteiger partial charge in [0.2, 0.25) is 0 Å². The van der Waals surface area contributed by atoms with Crippen molar-refractivity contribution < 1.29 is 4.74 Å². The van der Waals surface area contributed by atoms with Crippen LogP contribution in [-0.4, -0.2) is 14.8 Å². The van der Waals surface area contributed by atoms with E-state index >= 15 is 0 Å². The monoisotopic (exact) mass is 727 g/mol. The van der Waals surface area contributed by atoms with Gasteiger partial charge in [-0.25, -0.2) is 0 Å². The van der Waals surface area contributed by atoms with E-state index in [-0.39, 0.29) is 6.71 Å². The Bertz CT molecular complexity index is 2530. The predicted octanol–water partition coefficient (Wildman–Crippen LogP) is 8.82. The maximum absolute atomic E-state index is 6.97. The molecule has 0 atom stereocenters. The summed E-state index contributed by atoms with van der Waals surface area (Å²) < 4.78 is 6.97. The molecule has 2 nitrogen and oxygen atoms in total. The number of fused-ring (bicyclic) bond motifs is 11. The van der Waals surface area contributed by atoms with E-state index < -0.39 is 8.07 Å². The number of benzene rings is 7. The van der Waals surface area contributed by atoms with Crippen molar-refractivity contribution in [3.63, 3.8) is 0 Å². The van der Waals surface area contributed by atoms with Crippen LogP contribution < -0.4 is 46.8 Å². The zero-order chi connectivity index (χ0) is 37.6. The maximum atomic E-state index is 6.97. The summed E-state index contributed by atoms with van der Waals surface area (Å²) in [6.07, 6.45) is 0. The smallest absolute Gasteiger partial charge is 0.251 e. The van der Waals surface area contributed by atoms with Gasteiger partial charge in [0.25, 0.3) is 6.71 Å². The summed E-state index contributed by atoms with van der Waals surface area (Å²) in [6.45, 7) is 14.1. The van der Waals surface area contributed by atoms with Gasteiger partial charge in [-0.15, -0.1) is 0 Å². The predicted molar refractivity (Wildman–Crippen MR) is 237 cm³/mol. The molecule has 0 N–H and O–H groups in total. The summed E-state index contributed by atoms with van der Waals surface area (Å²) in [4.78, 5) is 2.50. The minimum atomic E-state index is -2.63. The number of hydrogen-bond donors (Lipinski definition) is 0. The average Bonchev–Trinajstić information content (AvgIpc) is 3.50. The van der Waals surface area contributed by atoms with Gasteiger partial charge in [0.15, 0.2) is 8.07 Å². The van der Waals surface area contributed by atoms with Crippen molar-refractivity contribution in [3.05, 3.63) is 168 Å². The van der Waals surface area contributed by atoms with Crippen LogP contribution in [0.3, 0.4) is 0 Å². The first-order valence-electron chi connectivity index (χ1n) is 20.1. The Morgan fingerprint density at radius 2 is 0.964 bits per heavy atom. The zero-order valence-corrected chi connectivity index (χ0v) is 33.6. The van der Waals surface area contributed by atoms with E-state index in [0.29, 0.717) is 17.8 Å². The standard InChI is InChI=1S/C51H46BNOSi/c1-32(2)35-29-39(33(3)4)51(40(30-35)34(5)6)52-41-19-9-12-22-45(41)54-46-31-36(27-28-42(46)52)53-43-20-10-15-25-49(43)55(50-26-16-11-21-44(50)53)47-23-13-7-17-37(47)38-18-8-14-24-48(38)55/h7-34H,1-6H3. The molecule has 3 aliphatic heterocycles. The number of anilines is 3. The van der Waals surface area contributed by atoms with E-state index in [1.54, 1.807) is 0 Å². The summed E-state index contributed by atoms with van der Waals surface area (Å²) in [5.74, 6) is 3.10. The van der Waals surface area contributed by atoms with E-state index in [9.17, 15) is 0 Å². The highest BCUT2D eigenvalue weighted by atomic mass is 28.3. The second kappa shape index (κ2) is 12.7. The molecule has 7 aromatic carbocycles. The fourth-order valence-corrected chi connectivity index (χ4v) is 15.6. The van der Waals surface area contributed by atoms with Crippen LogP contribution in [-0.2, 0) is 0 Å². The molecule has 0 saturated carbocycles. The van der Waals surface area contributed by atoms with Crippen molar-refractivity contribution in [2.75, 3.05) is 4.90 Å². The van der Waals surface area contributed by atoms with Crippen LogP contribution in [0.25, 0.3) is 11.1 Å². The normalized spacial score (nSPS) is 14.3. The summed E-state index contributed by atoms with van der Waals surface area (Å²) in [5.41, 5.74) is 14.6. The van der Waals surface area contributed by atoms with Crippen LogP contribution in [0.2, 0.25) is 0 Å². The lowest BCUT2D eigenvalue weighted by atomic mass is 9.34. The average molecular weight is 728 g/mol. The molecule has 3 heterocycles. The molecular formula is C51H46BNOSi. The highest BCUT2D eigenvalue weighted by Crippen LogP contribution is 2.42. The number of ether oxygens (including phenoxy) is 1. The second-order valence-electron chi connectivity index (χ2n) is 16.6. The van der Waals surface area contributed by atoms with E-state index in [2.05, 4.69) is 198 Å². The van der Waals surface area contributed by atoms with Gasteiger partial charge in [-0.2, -0.15) is 0 Å². The third-order valence-electron chi connectivity index (χ3n) is 12.5. The Morgan fingerprint density at radius 3 is 1.53 bits per heavy atom. The first-order chi connectivity index (χ1) is 26.8. The summed E-state index contributed by atoms with van der Waals surface area (Å²) in [5, 5.41) is 5.83. The van der Waals surface area contributed by atoms with E-state index in [1.165, 1.54) is 76.3 Å². The molecule has 0 saturated heterocycles. The number of hydrogen-bond acceptors (Lipinski definition) is 2. The van der Waals surface area contributed by atoms with Crippen molar-refractivity contribution in [1.82, 2.24) is 0 Å². The Balaban J connectivity index is 1.20. The van der Waals surface area contributed by atoms with Crippen LogP contribution in [0.4, 0.5) is 17.1 Å². The zero-order valence-electron chi connectivity index (χ0n) is 32.6. The number of para-hydroxylation sites is 3. The highest BCUT2D eigenvalue weighted by Gasteiger charge is 2.53. The van der Waals surface area contributed by atoms with E-state index in [1.807, 2.05) is 0 Å². The fraction of sp³-hybridized carbons (Fsp3) is 0.176. The van der Waals surface area contributed by atoms with Crippen molar-refractivity contribution >= 4 is 69.0 Å². The van der Waals surface area contributed by atoms with Crippen LogP contribution in [0, 0.1) is 0 Å². The molecule has 1 spiro atoms.